The van der Waals surface area contributed by atoms with Crippen molar-refractivity contribution in [3.63, 3.8) is 0 Å². The summed E-state index contributed by atoms with van der Waals surface area (Å²) < 4.78 is 0. The molecule has 130 valence electrons. The van der Waals surface area contributed by atoms with Crippen molar-refractivity contribution in [2.24, 2.45) is 0 Å². The largest absolute Gasteiger partial charge is 1.00 e. The number of hydrogen-bond acceptors (Lipinski definition) is 0. The van der Waals surface area contributed by atoms with Gasteiger partial charge in [-0.2, -0.15) is 6.42 Å². The summed E-state index contributed by atoms with van der Waals surface area (Å²) in [7, 11) is 0. The van der Waals surface area contributed by atoms with Gasteiger partial charge < -0.3 is 6.92 Å². The van der Waals surface area contributed by atoms with Crippen LogP contribution in [0.5, 0.6) is 0 Å². The molecule has 1 heteroatoms. The molecule has 0 N–H and O–H groups in total. The van der Waals surface area contributed by atoms with Crippen LogP contribution in [-0.4, -0.2) is 0 Å². The monoisotopic (exact) mass is 312 g/mol. The summed E-state index contributed by atoms with van der Waals surface area (Å²) in [6.07, 6.45) is 30.8. The zero-order valence-corrected chi connectivity index (χ0v) is 16.3. The fourth-order valence-corrected chi connectivity index (χ4v) is 2.70. The van der Waals surface area contributed by atoms with Crippen molar-refractivity contribution < 1.29 is 18.9 Å². The Morgan fingerprint density at radius 1 is 0.565 bits per heavy atom. The van der Waals surface area contributed by atoms with E-state index in [9.17, 15) is 0 Å². The second kappa shape index (κ2) is 24.3. The van der Waals surface area contributed by atoms with Crippen molar-refractivity contribution in [1.29, 1.82) is 0 Å². The maximum Gasteiger partial charge on any atom is 1.00 e. The minimum atomic E-state index is 0. The minimum absolute atomic E-state index is 0. The van der Waals surface area contributed by atoms with Crippen LogP contribution in [0.1, 0.15) is 110 Å². The molecule has 0 heterocycles. The quantitative estimate of drug-likeness (QED) is 0.150. The van der Waals surface area contributed by atoms with Crippen LogP contribution in [0.2, 0.25) is 0 Å². The molecule has 0 radical (unpaired) electrons. The third-order valence-electron chi connectivity index (χ3n) is 4.20. The molecule has 0 aromatic rings. The summed E-state index contributed by atoms with van der Waals surface area (Å²) in [6, 6.07) is 0. The van der Waals surface area contributed by atoms with E-state index in [1.165, 1.54) is 89.9 Å². The smallest absolute Gasteiger partial charge is 0.343 e. The van der Waals surface area contributed by atoms with E-state index in [1.54, 1.807) is 0 Å². The summed E-state index contributed by atoms with van der Waals surface area (Å²) in [4.78, 5) is 0. The van der Waals surface area contributed by atoms with Crippen molar-refractivity contribution >= 4 is 0 Å². The summed E-state index contributed by atoms with van der Waals surface area (Å²) in [5.41, 5.74) is 0. The van der Waals surface area contributed by atoms with Gasteiger partial charge >= 0.3 is 18.9 Å². The molecule has 0 bridgehead atoms. The standard InChI is InChI=1S/C22H41.Li/c1-3-5-7-9-11-13-15-17-19-21-22-20-18-16-14-12-10-8-6-4-2;/h12,14,18,20H,1,3-11,13,15-17,19,21-22H2,2H3;/q-1;+1/b14-12-,20-18-;. The van der Waals surface area contributed by atoms with E-state index >= 15 is 0 Å². The van der Waals surface area contributed by atoms with Crippen LogP contribution < -0.4 is 18.9 Å². The Kier molecular flexibility index (Phi) is 26.8. The molecule has 0 spiro atoms. The normalized spacial score (nSPS) is 11.4. The summed E-state index contributed by atoms with van der Waals surface area (Å²) in [6.45, 7) is 6.15. The molecule has 0 fully saturated rings. The van der Waals surface area contributed by atoms with E-state index < -0.39 is 0 Å². The first-order valence-electron chi connectivity index (χ1n) is 10.0. The summed E-state index contributed by atoms with van der Waals surface area (Å²) >= 11 is 0. The molecule has 0 aromatic carbocycles. The van der Waals surface area contributed by atoms with Gasteiger partial charge in [0.1, 0.15) is 0 Å². The fourth-order valence-electron chi connectivity index (χ4n) is 2.70. The Morgan fingerprint density at radius 3 is 1.48 bits per heavy atom. The topological polar surface area (TPSA) is 0 Å². The van der Waals surface area contributed by atoms with Gasteiger partial charge in [0.2, 0.25) is 0 Å². The number of unbranched alkanes of at least 4 members (excludes halogenated alkanes) is 13. The van der Waals surface area contributed by atoms with Crippen molar-refractivity contribution in [2.45, 2.75) is 110 Å². The van der Waals surface area contributed by atoms with Gasteiger partial charge in [0.15, 0.2) is 0 Å². The molecule has 0 aliphatic heterocycles. The van der Waals surface area contributed by atoms with E-state index in [1.807, 2.05) is 0 Å². The maximum absolute atomic E-state index is 3.89. The molecule has 0 amide bonds. The molecular formula is C22H41Li. The first kappa shape index (κ1) is 25.3. The second-order valence-corrected chi connectivity index (χ2v) is 6.50. The number of hydrogen-bond donors (Lipinski definition) is 0. The Labute approximate surface area is 159 Å². The van der Waals surface area contributed by atoms with Crippen LogP contribution in [-0.2, 0) is 0 Å². The van der Waals surface area contributed by atoms with Crippen LogP contribution in [0, 0.1) is 6.92 Å². The fraction of sp³-hybridized carbons (Fsp3) is 0.773. The number of rotatable bonds is 17. The van der Waals surface area contributed by atoms with Gasteiger partial charge in [0.25, 0.3) is 0 Å². The van der Waals surface area contributed by atoms with Crippen LogP contribution in [0.15, 0.2) is 24.3 Å². The zero-order valence-electron chi connectivity index (χ0n) is 16.3. The van der Waals surface area contributed by atoms with Gasteiger partial charge in [-0.1, -0.05) is 95.4 Å². The van der Waals surface area contributed by atoms with E-state index in [4.69, 9.17) is 0 Å². The van der Waals surface area contributed by atoms with Crippen LogP contribution >= 0.6 is 0 Å². The third-order valence-corrected chi connectivity index (χ3v) is 4.20. The average molecular weight is 313 g/mol. The van der Waals surface area contributed by atoms with Crippen LogP contribution in [0.3, 0.4) is 0 Å². The molecule has 0 nitrogen and oxygen atoms in total. The molecule has 0 saturated carbocycles. The zero-order chi connectivity index (χ0) is 16.1. The van der Waals surface area contributed by atoms with Crippen molar-refractivity contribution in [2.75, 3.05) is 0 Å². The first-order valence-corrected chi connectivity index (χ1v) is 10.0. The predicted octanol–water partition coefficient (Wildman–Crippen LogP) is 5.20. The average Bonchev–Trinajstić information content (AvgIpc) is 2.54. The van der Waals surface area contributed by atoms with E-state index in [0.717, 1.165) is 12.8 Å². The maximum atomic E-state index is 3.89. The number of allylic oxidation sites excluding steroid dienone is 4. The molecule has 0 aliphatic carbocycles. The molecule has 23 heavy (non-hydrogen) atoms. The van der Waals surface area contributed by atoms with Crippen LogP contribution in [0.4, 0.5) is 0 Å². The Morgan fingerprint density at radius 2 is 1.00 bits per heavy atom. The molecule has 0 atom stereocenters. The molecular weight excluding hydrogens is 271 g/mol. The molecule has 0 rings (SSSR count). The van der Waals surface area contributed by atoms with Gasteiger partial charge in [-0.05, 0) is 32.1 Å². The predicted molar refractivity (Wildman–Crippen MR) is 103 cm³/mol. The third kappa shape index (κ3) is 24.5. The van der Waals surface area contributed by atoms with Gasteiger partial charge in [-0.3, -0.25) is 0 Å². The first-order chi connectivity index (χ1) is 10.9. The summed E-state index contributed by atoms with van der Waals surface area (Å²) in [5, 5.41) is 0. The molecule has 0 unspecified atom stereocenters. The van der Waals surface area contributed by atoms with Gasteiger partial charge in [0, 0.05) is 0 Å². The second-order valence-electron chi connectivity index (χ2n) is 6.50. The Bertz CT molecular complexity index is 242. The van der Waals surface area contributed by atoms with Crippen LogP contribution in [0.25, 0.3) is 0 Å². The van der Waals surface area contributed by atoms with Crippen molar-refractivity contribution in [3.05, 3.63) is 31.2 Å². The SMILES string of the molecule is [CH2-]CCCCCCCCCCC/C=C\C/C=C\CCCCC.[Li+]. The molecule has 0 aliphatic rings. The van der Waals surface area contributed by atoms with E-state index in [0.29, 0.717) is 0 Å². The summed E-state index contributed by atoms with van der Waals surface area (Å²) in [5.74, 6) is 0. The molecule has 0 saturated heterocycles. The minimum Gasteiger partial charge on any atom is -0.343 e. The molecule has 0 aromatic heterocycles. The Hall–Kier alpha value is 0.0774. The van der Waals surface area contributed by atoms with Gasteiger partial charge in [-0.25, -0.2) is 0 Å². The van der Waals surface area contributed by atoms with Gasteiger partial charge in [-0.15, -0.1) is 0 Å². The van der Waals surface area contributed by atoms with Crippen molar-refractivity contribution in [1.82, 2.24) is 0 Å². The Balaban J connectivity index is 0. The van der Waals surface area contributed by atoms with Crippen molar-refractivity contribution in [3.8, 4) is 0 Å². The van der Waals surface area contributed by atoms with Gasteiger partial charge in [0.05, 0.1) is 0 Å². The van der Waals surface area contributed by atoms with E-state index in [-0.39, 0.29) is 18.9 Å². The van der Waals surface area contributed by atoms with E-state index in [2.05, 4.69) is 38.2 Å².